The molecule has 0 heteroatoms. The lowest BCUT2D eigenvalue weighted by molar-refractivity contribution is 0.709. The number of benzene rings is 1. The van der Waals surface area contributed by atoms with Crippen LogP contribution >= 0.6 is 0 Å². The van der Waals surface area contributed by atoms with E-state index in [-0.39, 0.29) is 0 Å². The lowest BCUT2D eigenvalue weighted by atomic mass is 9.87. The second-order valence-electron chi connectivity index (χ2n) is 4.07. The third kappa shape index (κ3) is 2.95. The van der Waals surface area contributed by atoms with Gasteiger partial charge in [-0.05, 0) is 29.9 Å². The van der Waals surface area contributed by atoms with E-state index in [1.165, 1.54) is 24.0 Å². The van der Waals surface area contributed by atoms with Gasteiger partial charge in [0.2, 0.25) is 0 Å². The summed E-state index contributed by atoms with van der Waals surface area (Å²) in [6.07, 6.45) is 4.83. The lowest BCUT2D eigenvalue weighted by Gasteiger charge is -2.18. The van der Waals surface area contributed by atoms with Crippen LogP contribution in [0.2, 0.25) is 0 Å². The van der Waals surface area contributed by atoms with E-state index in [0.717, 1.165) is 0 Å². The summed E-state index contributed by atoms with van der Waals surface area (Å²) in [5.74, 6) is 0.702. The fraction of sp³-hybridized carbons (Fsp3) is 0.467. The molecule has 0 nitrogen and oxygen atoms in total. The summed E-state index contributed by atoms with van der Waals surface area (Å²) in [4.78, 5) is 0. The van der Waals surface area contributed by atoms with E-state index in [2.05, 4.69) is 44.2 Å². The van der Waals surface area contributed by atoms with E-state index in [4.69, 9.17) is 0 Å². The molecule has 0 spiro atoms. The van der Waals surface area contributed by atoms with Crippen LogP contribution in [0.4, 0.5) is 0 Å². The number of rotatable bonds is 1. The monoisotopic (exact) mass is 202 g/mol. The van der Waals surface area contributed by atoms with E-state index < -0.39 is 0 Å². The Hall–Kier alpha value is -1.04. The van der Waals surface area contributed by atoms with Crippen LogP contribution in [0.1, 0.15) is 45.2 Å². The molecule has 0 N–H and O–H groups in total. The molecule has 82 valence electrons. The van der Waals surface area contributed by atoms with Crippen LogP contribution in [0.25, 0.3) is 6.08 Å². The van der Waals surface area contributed by atoms with Gasteiger partial charge in [0.15, 0.2) is 0 Å². The molecule has 1 aliphatic carbocycles. The van der Waals surface area contributed by atoms with Crippen molar-refractivity contribution in [1.29, 1.82) is 0 Å². The summed E-state index contributed by atoms with van der Waals surface area (Å²) in [7, 11) is 0. The second-order valence-corrected chi connectivity index (χ2v) is 4.07. The maximum atomic E-state index is 2.36. The molecule has 0 atom stereocenters. The Balaban J connectivity index is 0.000000531. The van der Waals surface area contributed by atoms with Crippen LogP contribution < -0.4 is 0 Å². The molecule has 0 unspecified atom stereocenters. The van der Waals surface area contributed by atoms with Gasteiger partial charge in [0.1, 0.15) is 0 Å². The standard InChI is InChI=1S/C13H16.C2H6/c1-10(2)12-8-7-11-5-3-4-6-13(11)9-12;1-2/h3-6,9-10H,7-8H2,1-2H3;1-2H3. The second kappa shape index (κ2) is 5.75. The summed E-state index contributed by atoms with van der Waals surface area (Å²) in [6.45, 7) is 8.56. The first-order chi connectivity index (χ1) is 7.27. The lowest BCUT2D eigenvalue weighted by Crippen LogP contribution is -2.03. The van der Waals surface area contributed by atoms with Gasteiger partial charge in [-0.2, -0.15) is 0 Å². The van der Waals surface area contributed by atoms with Crippen LogP contribution in [0.15, 0.2) is 29.8 Å². The van der Waals surface area contributed by atoms with Crippen LogP contribution in [-0.4, -0.2) is 0 Å². The van der Waals surface area contributed by atoms with E-state index in [1.54, 1.807) is 5.57 Å². The first kappa shape index (κ1) is 12.0. The summed E-state index contributed by atoms with van der Waals surface area (Å²) in [5, 5.41) is 0. The quantitative estimate of drug-likeness (QED) is 0.619. The van der Waals surface area contributed by atoms with Gasteiger partial charge in [0, 0.05) is 0 Å². The van der Waals surface area contributed by atoms with Crippen molar-refractivity contribution in [1.82, 2.24) is 0 Å². The Labute approximate surface area is 94.0 Å². The molecule has 0 fully saturated rings. The molecule has 0 saturated heterocycles. The predicted molar refractivity (Wildman–Crippen MR) is 68.9 cm³/mol. The third-order valence-corrected chi connectivity index (χ3v) is 2.82. The summed E-state index contributed by atoms with van der Waals surface area (Å²) < 4.78 is 0. The van der Waals surface area contributed by atoms with E-state index in [9.17, 15) is 0 Å². The molecule has 0 aromatic heterocycles. The maximum Gasteiger partial charge on any atom is -0.0225 e. The van der Waals surface area contributed by atoms with Crippen molar-refractivity contribution in [2.24, 2.45) is 5.92 Å². The minimum absolute atomic E-state index is 0.702. The number of aryl methyl sites for hydroxylation is 1. The average Bonchev–Trinajstić information content (AvgIpc) is 2.31. The van der Waals surface area contributed by atoms with Crippen molar-refractivity contribution < 1.29 is 0 Å². The molecule has 0 amide bonds. The molecule has 0 bridgehead atoms. The van der Waals surface area contributed by atoms with Gasteiger partial charge >= 0.3 is 0 Å². The molecule has 0 heterocycles. The van der Waals surface area contributed by atoms with E-state index in [0.29, 0.717) is 5.92 Å². The van der Waals surface area contributed by atoms with E-state index >= 15 is 0 Å². The molecule has 0 aliphatic heterocycles. The number of hydrogen-bond donors (Lipinski definition) is 0. The van der Waals surface area contributed by atoms with Gasteiger partial charge < -0.3 is 0 Å². The Bertz CT molecular complexity index is 332. The van der Waals surface area contributed by atoms with E-state index in [1.807, 2.05) is 13.8 Å². The zero-order valence-electron chi connectivity index (χ0n) is 10.4. The zero-order valence-corrected chi connectivity index (χ0v) is 10.4. The van der Waals surface area contributed by atoms with Gasteiger partial charge in [0.05, 0.1) is 0 Å². The van der Waals surface area contributed by atoms with Crippen molar-refractivity contribution in [3.05, 3.63) is 41.0 Å². The first-order valence-electron chi connectivity index (χ1n) is 6.06. The van der Waals surface area contributed by atoms with Gasteiger partial charge in [-0.25, -0.2) is 0 Å². The number of hydrogen-bond acceptors (Lipinski definition) is 0. The minimum atomic E-state index is 0.702. The minimum Gasteiger partial charge on any atom is -0.0683 e. The van der Waals surface area contributed by atoms with Crippen molar-refractivity contribution in [3.8, 4) is 0 Å². The Kier molecular flexibility index (Phi) is 4.61. The summed E-state index contributed by atoms with van der Waals surface area (Å²) >= 11 is 0. The highest BCUT2D eigenvalue weighted by Gasteiger charge is 2.11. The Morgan fingerprint density at radius 3 is 2.33 bits per heavy atom. The molecular weight excluding hydrogens is 180 g/mol. The van der Waals surface area contributed by atoms with Crippen LogP contribution in [0.5, 0.6) is 0 Å². The maximum absolute atomic E-state index is 2.36. The first-order valence-corrected chi connectivity index (χ1v) is 6.06. The molecule has 2 rings (SSSR count). The van der Waals surface area contributed by atoms with Gasteiger partial charge in [-0.1, -0.05) is 63.6 Å². The normalized spacial score (nSPS) is 13.8. The molecule has 1 aromatic rings. The molecular formula is C15H22. The molecule has 0 radical (unpaired) electrons. The molecule has 15 heavy (non-hydrogen) atoms. The van der Waals surface area contributed by atoms with Gasteiger partial charge in [0.25, 0.3) is 0 Å². The average molecular weight is 202 g/mol. The SMILES string of the molecule is CC.CC(C)C1=Cc2ccccc2CC1. The number of fused-ring (bicyclic) bond motifs is 1. The van der Waals surface area contributed by atoms with Crippen molar-refractivity contribution in [2.45, 2.75) is 40.5 Å². The highest BCUT2D eigenvalue weighted by atomic mass is 14.2. The van der Waals surface area contributed by atoms with Crippen molar-refractivity contribution in [3.63, 3.8) is 0 Å². The molecule has 1 aromatic carbocycles. The summed E-state index contributed by atoms with van der Waals surface area (Å²) in [5.41, 5.74) is 4.53. The smallest absolute Gasteiger partial charge is 0.0225 e. The fourth-order valence-electron chi connectivity index (χ4n) is 1.91. The van der Waals surface area contributed by atoms with Crippen molar-refractivity contribution in [2.75, 3.05) is 0 Å². The molecule has 1 aliphatic rings. The van der Waals surface area contributed by atoms with Gasteiger partial charge in [-0.3, -0.25) is 0 Å². The zero-order chi connectivity index (χ0) is 11.3. The topological polar surface area (TPSA) is 0 Å². The predicted octanol–water partition coefficient (Wildman–Crippen LogP) is 4.70. The highest BCUT2D eigenvalue weighted by Crippen LogP contribution is 2.27. The Morgan fingerprint density at radius 2 is 1.67 bits per heavy atom. The number of allylic oxidation sites excluding steroid dienone is 1. The Morgan fingerprint density at radius 1 is 1.00 bits per heavy atom. The fourth-order valence-corrected chi connectivity index (χ4v) is 1.91. The largest absolute Gasteiger partial charge is 0.0683 e. The third-order valence-electron chi connectivity index (χ3n) is 2.82. The van der Waals surface area contributed by atoms with Gasteiger partial charge in [-0.15, -0.1) is 0 Å². The van der Waals surface area contributed by atoms with Crippen LogP contribution in [0, 0.1) is 5.92 Å². The summed E-state index contributed by atoms with van der Waals surface area (Å²) in [6, 6.07) is 8.71. The van der Waals surface area contributed by atoms with Crippen molar-refractivity contribution >= 4 is 6.08 Å². The van der Waals surface area contributed by atoms with Crippen LogP contribution in [0.3, 0.4) is 0 Å². The van der Waals surface area contributed by atoms with Crippen LogP contribution in [-0.2, 0) is 6.42 Å². The molecule has 0 saturated carbocycles. The highest BCUT2D eigenvalue weighted by molar-refractivity contribution is 5.59.